The van der Waals surface area contributed by atoms with Gasteiger partial charge in [-0.05, 0) is 36.8 Å². The van der Waals surface area contributed by atoms with Crippen LogP contribution >= 0.6 is 15.9 Å². The Balaban J connectivity index is 1.71. The first-order valence-electron chi connectivity index (χ1n) is 8.45. The molecule has 0 radical (unpaired) electrons. The number of rotatable bonds is 5. The van der Waals surface area contributed by atoms with Crippen molar-refractivity contribution in [3.05, 3.63) is 64.1 Å². The van der Waals surface area contributed by atoms with Crippen molar-refractivity contribution < 1.29 is 17.9 Å². The van der Waals surface area contributed by atoms with Crippen molar-refractivity contribution >= 4 is 37.4 Å². The number of sulfonamides is 1. The Morgan fingerprint density at radius 3 is 2.37 bits per heavy atom. The number of Topliss-reactive ketones (excluding diaryl/α,β-unsaturated/α-hetero) is 1. The minimum atomic E-state index is -3.83. The van der Waals surface area contributed by atoms with E-state index in [1.165, 1.54) is 0 Å². The van der Waals surface area contributed by atoms with Crippen LogP contribution in [0.1, 0.15) is 17.0 Å². The number of epoxide rings is 1. The topological polar surface area (TPSA) is 79.3 Å². The highest BCUT2D eigenvalue weighted by Crippen LogP contribution is 2.32. The number of carbonyl (C=O) groups is 1. The lowest BCUT2D eigenvalue weighted by Crippen LogP contribution is -2.27. The SMILES string of the molecule is Cc1ccc(S(=O)(=O)N2C[C@H](c3ccc(Br)cc3)C(C(=O)[C@H]3CO3)=N2)cc1. The van der Waals surface area contributed by atoms with Gasteiger partial charge >= 0.3 is 0 Å². The van der Waals surface area contributed by atoms with Crippen LogP contribution in [0.15, 0.2) is 63.0 Å². The van der Waals surface area contributed by atoms with Gasteiger partial charge in [0.05, 0.1) is 24.0 Å². The van der Waals surface area contributed by atoms with Gasteiger partial charge in [-0.2, -0.15) is 17.9 Å². The van der Waals surface area contributed by atoms with Gasteiger partial charge in [-0.15, -0.1) is 0 Å². The van der Waals surface area contributed by atoms with E-state index in [1.54, 1.807) is 24.3 Å². The summed E-state index contributed by atoms with van der Waals surface area (Å²) in [6.07, 6.45) is -0.510. The van der Waals surface area contributed by atoms with Crippen molar-refractivity contribution in [2.24, 2.45) is 5.10 Å². The molecule has 0 unspecified atom stereocenters. The summed E-state index contributed by atoms with van der Waals surface area (Å²) in [7, 11) is -3.83. The van der Waals surface area contributed by atoms with E-state index >= 15 is 0 Å². The third kappa shape index (κ3) is 3.56. The van der Waals surface area contributed by atoms with Crippen molar-refractivity contribution in [1.82, 2.24) is 4.41 Å². The summed E-state index contributed by atoms with van der Waals surface area (Å²) in [6, 6.07) is 14.0. The summed E-state index contributed by atoms with van der Waals surface area (Å²) in [5.74, 6) is -0.667. The number of hydrazone groups is 1. The number of aryl methyl sites for hydroxylation is 1. The molecule has 0 spiro atoms. The summed E-state index contributed by atoms with van der Waals surface area (Å²) in [5, 5.41) is 4.22. The fourth-order valence-electron chi connectivity index (χ4n) is 3.00. The molecule has 4 rings (SSSR count). The van der Waals surface area contributed by atoms with Crippen molar-refractivity contribution in [1.29, 1.82) is 0 Å². The van der Waals surface area contributed by atoms with Gasteiger partial charge in [0.15, 0.2) is 0 Å². The molecule has 2 aliphatic heterocycles. The Hall–Kier alpha value is -2.03. The van der Waals surface area contributed by atoms with Gasteiger partial charge in [0, 0.05) is 4.47 Å². The zero-order valence-corrected chi connectivity index (χ0v) is 16.9. The number of hydrogen-bond acceptors (Lipinski definition) is 5. The van der Waals surface area contributed by atoms with E-state index in [4.69, 9.17) is 4.74 Å². The lowest BCUT2D eigenvalue weighted by Gasteiger charge is -2.16. The fourth-order valence-corrected chi connectivity index (χ4v) is 4.53. The molecule has 8 heteroatoms. The van der Waals surface area contributed by atoms with E-state index in [9.17, 15) is 13.2 Å². The van der Waals surface area contributed by atoms with Crippen LogP contribution in [0, 0.1) is 6.92 Å². The maximum atomic E-state index is 13.0. The van der Waals surface area contributed by atoms with Crippen LogP contribution in [0.25, 0.3) is 0 Å². The van der Waals surface area contributed by atoms with E-state index in [2.05, 4.69) is 21.0 Å². The summed E-state index contributed by atoms with van der Waals surface area (Å²) in [4.78, 5) is 12.8. The largest absolute Gasteiger partial charge is 0.364 e. The van der Waals surface area contributed by atoms with Crippen LogP contribution in [-0.2, 0) is 19.6 Å². The molecule has 0 aliphatic carbocycles. The highest BCUT2D eigenvalue weighted by atomic mass is 79.9. The molecule has 27 heavy (non-hydrogen) atoms. The lowest BCUT2D eigenvalue weighted by atomic mass is 9.92. The Bertz CT molecular complexity index is 1010. The van der Waals surface area contributed by atoms with Gasteiger partial charge in [0.2, 0.25) is 5.78 Å². The Morgan fingerprint density at radius 2 is 1.78 bits per heavy atom. The number of carbonyl (C=O) groups excluding carboxylic acids is 1. The lowest BCUT2D eigenvalue weighted by molar-refractivity contribution is -0.114. The molecule has 1 fully saturated rings. The first-order valence-corrected chi connectivity index (χ1v) is 10.7. The van der Waals surface area contributed by atoms with Gasteiger partial charge in [-0.25, -0.2) is 0 Å². The van der Waals surface area contributed by atoms with E-state index in [0.717, 1.165) is 20.0 Å². The van der Waals surface area contributed by atoms with Crippen LogP contribution in [0.2, 0.25) is 0 Å². The molecule has 0 amide bonds. The van der Waals surface area contributed by atoms with Crippen LogP contribution in [0.4, 0.5) is 0 Å². The maximum absolute atomic E-state index is 13.0. The average Bonchev–Trinajstić information content (AvgIpc) is 3.40. The molecule has 0 bridgehead atoms. The molecular formula is C19H17BrN2O4S. The van der Waals surface area contributed by atoms with E-state index in [0.29, 0.717) is 6.61 Å². The van der Waals surface area contributed by atoms with Gasteiger partial charge in [0.25, 0.3) is 10.0 Å². The minimum absolute atomic E-state index is 0.0889. The molecule has 2 aromatic rings. The monoisotopic (exact) mass is 448 g/mol. The molecule has 0 N–H and O–H groups in total. The number of halogens is 1. The zero-order chi connectivity index (χ0) is 19.2. The number of hydrogen-bond donors (Lipinski definition) is 0. The van der Waals surface area contributed by atoms with Crippen LogP contribution in [0.5, 0.6) is 0 Å². The summed E-state index contributed by atoms with van der Waals surface area (Å²) in [5.41, 5.74) is 2.04. The van der Waals surface area contributed by atoms with Gasteiger partial charge in [-0.3, -0.25) is 4.79 Å². The first kappa shape index (κ1) is 18.3. The molecule has 6 nitrogen and oxygen atoms in total. The number of nitrogens with zero attached hydrogens (tertiary/aromatic N) is 2. The van der Waals surface area contributed by atoms with Gasteiger partial charge in [0.1, 0.15) is 11.8 Å². The van der Waals surface area contributed by atoms with Crippen molar-refractivity contribution in [2.75, 3.05) is 13.2 Å². The van der Waals surface area contributed by atoms with Crippen LogP contribution < -0.4 is 0 Å². The molecule has 2 heterocycles. The second kappa shape index (κ2) is 6.85. The molecular weight excluding hydrogens is 432 g/mol. The molecule has 1 saturated heterocycles. The molecule has 0 saturated carbocycles. The Labute approximate surface area is 166 Å². The average molecular weight is 449 g/mol. The highest BCUT2D eigenvalue weighted by Gasteiger charge is 2.43. The highest BCUT2D eigenvalue weighted by molar-refractivity contribution is 9.10. The van der Waals surface area contributed by atoms with E-state index in [1.807, 2.05) is 31.2 Å². The fraction of sp³-hybridized carbons (Fsp3) is 0.263. The molecule has 140 valence electrons. The van der Waals surface area contributed by atoms with Crippen LogP contribution in [0.3, 0.4) is 0 Å². The molecule has 2 atom stereocenters. The summed E-state index contributed by atoms with van der Waals surface area (Å²) in [6.45, 7) is 2.33. The van der Waals surface area contributed by atoms with Crippen molar-refractivity contribution in [3.8, 4) is 0 Å². The molecule has 2 aliphatic rings. The minimum Gasteiger partial charge on any atom is -0.364 e. The number of benzene rings is 2. The molecule has 0 aromatic heterocycles. The summed E-state index contributed by atoms with van der Waals surface area (Å²) < 4.78 is 33.0. The smallest absolute Gasteiger partial charge is 0.279 e. The summed E-state index contributed by atoms with van der Waals surface area (Å²) >= 11 is 3.39. The van der Waals surface area contributed by atoms with Gasteiger partial charge in [-0.1, -0.05) is 45.8 Å². The van der Waals surface area contributed by atoms with Gasteiger partial charge < -0.3 is 4.74 Å². The maximum Gasteiger partial charge on any atom is 0.279 e. The van der Waals surface area contributed by atoms with E-state index in [-0.39, 0.29) is 22.9 Å². The quantitative estimate of drug-likeness (QED) is 0.658. The second-order valence-electron chi connectivity index (χ2n) is 6.60. The molecule has 2 aromatic carbocycles. The normalized spacial score (nSPS) is 21.9. The third-order valence-electron chi connectivity index (χ3n) is 4.63. The van der Waals surface area contributed by atoms with Crippen molar-refractivity contribution in [2.45, 2.75) is 23.8 Å². The van der Waals surface area contributed by atoms with E-state index < -0.39 is 22.0 Å². The first-order chi connectivity index (χ1) is 12.9. The third-order valence-corrected chi connectivity index (χ3v) is 6.82. The van der Waals surface area contributed by atoms with Crippen LogP contribution in [-0.4, -0.2) is 43.6 Å². The number of ether oxygens (including phenoxy) is 1. The standard InChI is InChI=1S/C19H17BrN2O4S/c1-12-2-8-15(9-3-12)27(24,25)22-10-16(13-4-6-14(20)7-5-13)18(21-22)19(23)17-11-26-17/h2-9,16-17H,10-11H2,1H3/t16-,17-/m1/s1. The zero-order valence-electron chi connectivity index (χ0n) is 14.5. The Morgan fingerprint density at radius 1 is 1.15 bits per heavy atom. The predicted octanol–water partition coefficient (Wildman–Crippen LogP) is 2.87. The number of ketones is 1. The Kier molecular flexibility index (Phi) is 4.65. The second-order valence-corrected chi connectivity index (χ2v) is 9.36. The van der Waals surface area contributed by atoms with Crippen molar-refractivity contribution in [3.63, 3.8) is 0 Å². The predicted molar refractivity (Wildman–Crippen MR) is 104 cm³/mol.